The highest BCUT2D eigenvalue weighted by atomic mass is 16.1. The largest absolute Gasteiger partial charge is 0.316 e. The Morgan fingerprint density at radius 3 is 3.00 bits per heavy atom. The van der Waals surface area contributed by atoms with Gasteiger partial charge in [0.2, 0.25) is 0 Å². The number of pyridine rings is 1. The molecular formula is C15H18N2O. The third-order valence-corrected chi connectivity index (χ3v) is 3.09. The molecule has 0 spiro atoms. The van der Waals surface area contributed by atoms with Gasteiger partial charge in [-0.25, -0.2) is 0 Å². The summed E-state index contributed by atoms with van der Waals surface area (Å²) >= 11 is 0. The van der Waals surface area contributed by atoms with Gasteiger partial charge in [0.25, 0.3) is 0 Å². The van der Waals surface area contributed by atoms with Crippen molar-refractivity contribution in [3.8, 4) is 0 Å². The Morgan fingerprint density at radius 1 is 1.39 bits per heavy atom. The van der Waals surface area contributed by atoms with Crippen molar-refractivity contribution in [1.82, 2.24) is 10.3 Å². The fourth-order valence-corrected chi connectivity index (χ4v) is 2.06. The van der Waals surface area contributed by atoms with Gasteiger partial charge in [-0.2, -0.15) is 0 Å². The van der Waals surface area contributed by atoms with Crippen LogP contribution < -0.4 is 5.32 Å². The van der Waals surface area contributed by atoms with E-state index in [4.69, 9.17) is 0 Å². The number of ketones is 1. The highest BCUT2D eigenvalue weighted by Crippen LogP contribution is 2.20. The molecule has 0 aliphatic carbocycles. The molecule has 94 valence electrons. The minimum Gasteiger partial charge on any atom is -0.316 e. The number of carbonyl (C=O) groups is 1. The van der Waals surface area contributed by atoms with Crippen LogP contribution >= 0.6 is 0 Å². The lowest BCUT2D eigenvalue weighted by Gasteiger charge is -2.12. The lowest BCUT2D eigenvalue weighted by Crippen LogP contribution is -2.26. The molecule has 0 saturated heterocycles. The predicted molar refractivity (Wildman–Crippen MR) is 73.8 cm³/mol. The quantitative estimate of drug-likeness (QED) is 0.820. The molecule has 0 saturated carbocycles. The van der Waals surface area contributed by atoms with Crippen LogP contribution in [0.1, 0.15) is 24.2 Å². The number of nitrogens with one attached hydrogen (secondary N) is 1. The summed E-state index contributed by atoms with van der Waals surface area (Å²) < 4.78 is 0. The first kappa shape index (κ1) is 12.7. The van der Waals surface area contributed by atoms with Crippen molar-refractivity contribution in [2.45, 2.75) is 13.8 Å². The number of rotatable bonds is 5. The van der Waals surface area contributed by atoms with Crippen LogP contribution in [-0.2, 0) is 0 Å². The summed E-state index contributed by atoms with van der Waals surface area (Å²) in [4.78, 5) is 16.5. The van der Waals surface area contributed by atoms with Crippen molar-refractivity contribution in [2.24, 2.45) is 5.92 Å². The van der Waals surface area contributed by atoms with Crippen LogP contribution in [0.2, 0.25) is 0 Å². The standard InChI is InChI=1S/C15H18N2O/c1-3-16-9-11(2)15(18)14-6-4-5-12-10-17-8-7-13(12)14/h4-8,10-11,16H,3,9H2,1-2H3. The van der Waals surface area contributed by atoms with Crippen LogP contribution in [0.4, 0.5) is 0 Å². The van der Waals surface area contributed by atoms with Gasteiger partial charge in [-0.05, 0) is 18.0 Å². The molecule has 1 aromatic heterocycles. The first-order valence-corrected chi connectivity index (χ1v) is 6.31. The van der Waals surface area contributed by atoms with Gasteiger partial charge in [-0.15, -0.1) is 0 Å². The van der Waals surface area contributed by atoms with Gasteiger partial charge in [-0.1, -0.05) is 32.0 Å². The van der Waals surface area contributed by atoms with E-state index in [0.717, 1.165) is 29.4 Å². The fraction of sp³-hybridized carbons (Fsp3) is 0.333. The van der Waals surface area contributed by atoms with E-state index in [2.05, 4.69) is 10.3 Å². The molecule has 0 aliphatic heterocycles. The molecule has 0 bridgehead atoms. The van der Waals surface area contributed by atoms with E-state index in [1.165, 1.54) is 0 Å². The minimum atomic E-state index is -0.0104. The molecule has 3 heteroatoms. The van der Waals surface area contributed by atoms with Crippen LogP contribution in [0, 0.1) is 5.92 Å². The molecule has 18 heavy (non-hydrogen) atoms. The second-order valence-corrected chi connectivity index (χ2v) is 4.48. The van der Waals surface area contributed by atoms with Gasteiger partial charge in [-0.3, -0.25) is 9.78 Å². The summed E-state index contributed by atoms with van der Waals surface area (Å²) in [6, 6.07) is 7.70. The zero-order valence-electron chi connectivity index (χ0n) is 10.8. The Balaban J connectivity index is 2.33. The van der Waals surface area contributed by atoms with Crippen molar-refractivity contribution in [2.75, 3.05) is 13.1 Å². The second kappa shape index (κ2) is 5.74. The molecule has 2 aromatic rings. The van der Waals surface area contributed by atoms with Gasteiger partial charge in [0.05, 0.1) is 0 Å². The number of aromatic nitrogens is 1. The smallest absolute Gasteiger partial charge is 0.167 e. The van der Waals surface area contributed by atoms with E-state index in [0.29, 0.717) is 0 Å². The molecule has 0 aliphatic rings. The minimum absolute atomic E-state index is 0.0104. The lowest BCUT2D eigenvalue weighted by molar-refractivity contribution is 0.0931. The lowest BCUT2D eigenvalue weighted by atomic mass is 9.95. The molecule has 1 heterocycles. The molecule has 0 amide bonds. The van der Waals surface area contributed by atoms with Crippen molar-refractivity contribution in [3.63, 3.8) is 0 Å². The van der Waals surface area contributed by atoms with E-state index in [1.807, 2.05) is 38.1 Å². The number of carbonyl (C=O) groups excluding carboxylic acids is 1. The summed E-state index contributed by atoms with van der Waals surface area (Å²) in [6.45, 7) is 5.61. The van der Waals surface area contributed by atoms with Crippen LogP contribution in [0.3, 0.4) is 0 Å². The van der Waals surface area contributed by atoms with Crippen molar-refractivity contribution in [3.05, 3.63) is 42.2 Å². The summed E-state index contributed by atoms with van der Waals surface area (Å²) in [7, 11) is 0. The van der Waals surface area contributed by atoms with E-state index < -0.39 is 0 Å². The van der Waals surface area contributed by atoms with Crippen LogP contribution in [-0.4, -0.2) is 23.9 Å². The zero-order chi connectivity index (χ0) is 13.0. The van der Waals surface area contributed by atoms with Gasteiger partial charge in [0.1, 0.15) is 0 Å². The summed E-state index contributed by atoms with van der Waals surface area (Å²) in [5.74, 6) is 0.177. The predicted octanol–water partition coefficient (Wildman–Crippen LogP) is 2.66. The Kier molecular flexibility index (Phi) is 4.05. The highest BCUT2D eigenvalue weighted by Gasteiger charge is 2.16. The molecule has 1 unspecified atom stereocenters. The number of hydrogen-bond donors (Lipinski definition) is 1. The Morgan fingerprint density at radius 2 is 2.22 bits per heavy atom. The maximum atomic E-state index is 12.4. The first-order chi connectivity index (χ1) is 8.74. The van der Waals surface area contributed by atoms with Crippen molar-refractivity contribution < 1.29 is 4.79 Å². The Bertz CT molecular complexity index is 546. The average molecular weight is 242 g/mol. The molecule has 3 nitrogen and oxygen atoms in total. The molecule has 0 fully saturated rings. The number of fused-ring (bicyclic) bond motifs is 1. The Hall–Kier alpha value is -1.74. The number of benzene rings is 1. The fourth-order valence-electron chi connectivity index (χ4n) is 2.06. The number of Topliss-reactive ketones (excluding diaryl/α,β-unsaturated/α-hetero) is 1. The third-order valence-electron chi connectivity index (χ3n) is 3.09. The maximum absolute atomic E-state index is 12.4. The molecule has 1 N–H and O–H groups in total. The van der Waals surface area contributed by atoms with Crippen molar-refractivity contribution in [1.29, 1.82) is 0 Å². The Labute approximate surface area is 107 Å². The first-order valence-electron chi connectivity index (χ1n) is 6.31. The summed E-state index contributed by atoms with van der Waals surface area (Å²) in [5.41, 5.74) is 0.792. The maximum Gasteiger partial charge on any atom is 0.167 e. The van der Waals surface area contributed by atoms with Gasteiger partial charge in [0.15, 0.2) is 5.78 Å². The third kappa shape index (κ3) is 2.57. The highest BCUT2D eigenvalue weighted by molar-refractivity contribution is 6.08. The SMILES string of the molecule is CCNCC(C)C(=O)c1cccc2cnccc12. The van der Waals surface area contributed by atoms with Crippen LogP contribution in [0.25, 0.3) is 10.8 Å². The van der Waals surface area contributed by atoms with E-state index in [9.17, 15) is 4.79 Å². The summed E-state index contributed by atoms with van der Waals surface area (Å²) in [6.07, 6.45) is 3.52. The molecule has 1 atom stereocenters. The topological polar surface area (TPSA) is 42.0 Å². The summed E-state index contributed by atoms with van der Waals surface area (Å²) in [5, 5.41) is 5.21. The van der Waals surface area contributed by atoms with E-state index >= 15 is 0 Å². The molecule has 2 rings (SSSR count). The van der Waals surface area contributed by atoms with Gasteiger partial charge in [0, 0.05) is 35.8 Å². The zero-order valence-corrected chi connectivity index (χ0v) is 10.8. The van der Waals surface area contributed by atoms with Crippen LogP contribution in [0.15, 0.2) is 36.7 Å². The monoisotopic (exact) mass is 242 g/mol. The normalized spacial score (nSPS) is 12.6. The molecule has 0 radical (unpaired) electrons. The van der Waals surface area contributed by atoms with Crippen molar-refractivity contribution >= 4 is 16.6 Å². The van der Waals surface area contributed by atoms with Crippen LogP contribution in [0.5, 0.6) is 0 Å². The molecular weight excluding hydrogens is 224 g/mol. The van der Waals surface area contributed by atoms with Gasteiger partial charge < -0.3 is 5.32 Å². The van der Waals surface area contributed by atoms with E-state index in [-0.39, 0.29) is 11.7 Å². The number of nitrogens with zero attached hydrogens (tertiary/aromatic N) is 1. The average Bonchev–Trinajstić information content (AvgIpc) is 2.43. The second-order valence-electron chi connectivity index (χ2n) is 4.48. The number of hydrogen-bond acceptors (Lipinski definition) is 3. The van der Waals surface area contributed by atoms with E-state index in [1.54, 1.807) is 12.4 Å². The molecule has 1 aromatic carbocycles. The van der Waals surface area contributed by atoms with Gasteiger partial charge >= 0.3 is 0 Å².